The van der Waals surface area contributed by atoms with Crippen molar-refractivity contribution in [2.75, 3.05) is 11.9 Å². The van der Waals surface area contributed by atoms with Gasteiger partial charge in [0.2, 0.25) is 0 Å². The van der Waals surface area contributed by atoms with E-state index in [1.807, 2.05) is 37.3 Å². The fourth-order valence-electron chi connectivity index (χ4n) is 1.77. The predicted octanol–water partition coefficient (Wildman–Crippen LogP) is 2.54. The summed E-state index contributed by atoms with van der Waals surface area (Å²) >= 11 is 0. The molecule has 94 valence electrons. The van der Waals surface area contributed by atoms with Crippen molar-refractivity contribution in [1.29, 1.82) is 5.26 Å². The predicted molar refractivity (Wildman–Crippen MR) is 72.9 cm³/mol. The smallest absolute Gasteiger partial charge is 0.258 e. The number of aryl methyl sites for hydroxylation is 1. The second kappa shape index (κ2) is 5.32. The van der Waals surface area contributed by atoms with E-state index in [9.17, 15) is 4.79 Å². The van der Waals surface area contributed by atoms with Crippen LogP contribution in [0, 0.1) is 18.3 Å². The molecule has 0 bridgehead atoms. The molecule has 0 N–H and O–H groups in total. The van der Waals surface area contributed by atoms with Gasteiger partial charge in [-0.1, -0.05) is 12.1 Å². The highest BCUT2D eigenvalue weighted by molar-refractivity contribution is 6.05. The Bertz CT molecular complexity index is 658. The van der Waals surface area contributed by atoms with Crippen molar-refractivity contribution in [1.82, 2.24) is 4.98 Å². The number of amides is 1. The molecule has 0 saturated heterocycles. The lowest BCUT2D eigenvalue weighted by Crippen LogP contribution is -2.26. The zero-order valence-electron chi connectivity index (χ0n) is 10.8. The molecule has 1 aromatic carbocycles. The Labute approximate surface area is 111 Å². The van der Waals surface area contributed by atoms with Crippen molar-refractivity contribution in [2.45, 2.75) is 6.92 Å². The first-order valence-corrected chi connectivity index (χ1v) is 5.82. The van der Waals surface area contributed by atoms with Crippen molar-refractivity contribution < 1.29 is 4.79 Å². The fourth-order valence-corrected chi connectivity index (χ4v) is 1.77. The molecular formula is C15H13N3O. The third kappa shape index (κ3) is 2.78. The number of hydrogen-bond donors (Lipinski definition) is 0. The number of benzene rings is 1. The second-order valence-electron chi connectivity index (χ2n) is 4.24. The van der Waals surface area contributed by atoms with E-state index in [1.165, 1.54) is 12.3 Å². The topological polar surface area (TPSA) is 57.0 Å². The zero-order chi connectivity index (χ0) is 13.8. The number of rotatable bonds is 2. The molecular weight excluding hydrogens is 238 g/mol. The zero-order valence-corrected chi connectivity index (χ0v) is 10.8. The van der Waals surface area contributed by atoms with Crippen LogP contribution in [-0.4, -0.2) is 17.9 Å². The van der Waals surface area contributed by atoms with Gasteiger partial charge in [-0.05, 0) is 36.8 Å². The molecule has 4 heteroatoms. The molecule has 1 heterocycles. The highest BCUT2D eigenvalue weighted by Crippen LogP contribution is 2.17. The van der Waals surface area contributed by atoms with Gasteiger partial charge in [0.05, 0.1) is 0 Å². The van der Waals surface area contributed by atoms with Gasteiger partial charge in [0.1, 0.15) is 11.8 Å². The van der Waals surface area contributed by atoms with Crippen molar-refractivity contribution >= 4 is 11.6 Å². The Morgan fingerprint density at radius 2 is 2.11 bits per heavy atom. The third-order valence-corrected chi connectivity index (χ3v) is 2.82. The first-order valence-electron chi connectivity index (χ1n) is 5.82. The standard InChI is InChI=1S/C15H13N3O/c1-11-4-3-5-14(8-11)18(2)15(19)12-6-7-17-13(9-12)10-16/h3-9H,1-2H3. The number of pyridine rings is 1. The van der Waals surface area contributed by atoms with Crippen molar-refractivity contribution in [3.63, 3.8) is 0 Å². The summed E-state index contributed by atoms with van der Waals surface area (Å²) in [7, 11) is 1.71. The molecule has 2 aromatic rings. The molecule has 1 amide bonds. The minimum Gasteiger partial charge on any atom is -0.311 e. The van der Waals surface area contributed by atoms with Gasteiger partial charge in [-0.15, -0.1) is 0 Å². The molecule has 2 rings (SSSR count). The van der Waals surface area contributed by atoms with Gasteiger partial charge in [0.15, 0.2) is 0 Å². The second-order valence-corrected chi connectivity index (χ2v) is 4.24. The number of nitrogens with zero attached hydrogens (tertiary/aromatic N) is 3. The summed E-state index contributed by atoms with van der Waals surface area (Å²) in [6.45, 7) is 1.97. The maximum atomic E-state index is 12.3. The van der Waals surface area contributed by atoms with Crippen LogP contribution in [-0.2, 0) is 0 Å². The van der Waals surface area contributed by atoms with Crippen LogP contribution < -0.4 is 4.90 Å². The number of carbonyl (C=O) groups is 1. The average Bonchev–Trinajstić information content (AvgIpc) is 2.45. The summed E-state index contributed by atoms with van der Waals surface area (Å²) in [6.07, 6.45) is 1.47. The molecule has 0 atom stereocenters. The maximum Gasteiger partial charge on any atom is 0.258 e. The molecule has 0 aliphatic heterocycles. The number of nitriles is 1. The molecule has 0 fully saturated rings. The highest BCUT2D eigenvalue weighted by atomic mass is 16.2. The Morgan fingerprint density at radius 1 is 1.32 bits per heavy atom. The normalized spacial score (nSPS) is 9.74. The molecule has 0 aliphatic carbocycles. The molecule has 19 heavy (non-hydrogen) atoms. The molecule has 0 aliphatic rings. The van der Waals surface area contributed by atoms with Gasteiger partial charge in [-0.2, -0.15) is 5.26 Å². The lowest BCUT2D eigenvalue weighted by molar-refractivity contribution is 0.0993. The Kier molecular flexibility index (Phi) is 3.58. The summed E-state index contributed by atoms with van der Waals surface area (Å²) < 4.78 is 0. The van der Waals surface area contributed by atoms with E-state index in [0.717, 1.165) is 11.3 Å². The molecule has 0 spiro atoms. The summed E-state index contributed by atoms with van der Waals surface area (Å²) in [5, 5.41) is 8.80. The lowest BCUT2D eigenvalue weighted by Gasteiger charge is -2.17. The number of anilines is 1. The largest absolute Gasteiger partial charge is 0.311 e. The van der Waals surface area contributed by atoms with Crippen LogP contribution in [0.25, 0.3) is 0 Å². The minimum absolute atomic E-state index is 0.162. The van der Waals surface area contributed by atoms with Crippen LogP contribution in [0.5, 0.6) is 0 Å². The number of aromatic nitrogens is 1. The number of carbonyl (C=O) groups excluding carboxylic acids is 1. The first kappa shape index (κ1) is 12.8. The number of hydrogen-bond acceptors (Lipinski definition) is 3. The quantitative estimate of drug-likeness (QED) is 0.824. The lowest BCUT2D eigenvalue weighted by atomic mass is 10.1. The van der Waals surface area contributed by atoms with Gasteiger partial charge < -0.3 is 4.90 Å². The van der Waals surface area contributed by atoms with E-state index < -0.39 is 0 Å². The van der Waals surface area contributed by atoms with Crippen LogP contribution in [0.3, 0.4) is 0 Å². The van der Waals surface area contributed by atoms with E-state index in [-0.39, 0.29) is 11.6 Å². The summed E-state index contributed by atoms with van der Waals surface area (Å²) in [5.41, 5.74) is 2.60. The highest BCUT2D eigenvalue weighted by Gasteiger charge is 2.14. The van der Waals surface area contributed by atoms with E-state index >= 15 is 0 Å². The van der Waals surface area contributed by atoms with Crippen LogP contribution in [0.2, 0.25) is 0 Å². The third-order valence-electron chi connectivity index (χ3n) is 2.82. The molecule has 1 aromatic heterocycles. The first-order chi connectivity index (χ1) is 9.11. The van der Waals surface area contributed by atoms with Crippen LogP contribution in [0.4, 0.5) is 5.69 Å². The van der Waals surface area contributed by atoms with Gasteiger partial charge in [0, 0.05) is 24.5 Å². The van der Waals surface area contributed by atoms with Crippen molar-refractivity contribution in [3.05, 3.63) is 59.4 Å². The molecule has 4 nitrogen and oxygen atoms in total. The monoisotopic (exact) mass is 251 g/mol. The Balaban J connectivity index is 2.31. The minimum atomic E-state index is -0.162. The Morgan fingerprint density at radius 3 is 2.79 bits per heavy atom. The van der Waals surface area contributed by atoms with E-state index in [1.54, 1.807) is 18.0 Å². The Hall–Kier alpha value is -2.67. The molecule has 0 unspecified atom stereocenters. The summed E-state index contributed by atoms with van der Waals surface area (Å²) in [4.78, 5) is 17.7. The average molecular weight is 251 g/mol. The van der Waals surface area contributed by atoms with Crippen molar-refractivity contribution in [3.8, 4) is 6.07 Å². The van der Waals surface area contributed by atoms with Crippen LogP contribution in [0.15, 0.2) is 42.6 Å². The SMILES string of the molecule is Cc1cccc(N(C)C(=O)c2ccnc(C#N)c2)c1. The van der Waals surface area contributed by atoms with E-state index in [2.05, 4.69) is 4.98 Å². The van der Waals surface area contributed by atoms with Gasteiger partial charge in [0.25, 0.3) is 5.91 Å². The van der Waals surface area contributed by atoms with Crippen molar-refractivity contribution in [2.24, 2.45) is 0 Å². The van der Waals surface area contributed by atoms with E-state index in [4.69, 9.17) is 5.26 Å². The van der Waals surface area contributed by atoms with Gasteiger partial charge in [-0.3, -0.25) is 4.79 Å². The summed E-state index contributed by atoms with van der Waals surface area (Å²) in [6, 6.07) is 12.7. The molecule has 0 radical (unpaired) electrons. The fraction of sp³-hybridized carbons (Fsp3) is 0.133. The van der Waals surface area contributed by atoms with Gasteiger partial charge >= 0.3 is 0 Å². The van der Waals surface area contributed by atoms with E-state index in [0.29, 0.717) is 5.56 Å². The maximum absolute atomic E-state index is 12.3. The summed E-state index contributed by atoms with van der Waals surface area (Å²) in [5.74, 6) is -0.162. The molecule has 0 saturated carbocycles. The van der Waals surface area contributed by atoms with Gasteiger partial charge in [-0.25, -0.2) is 4.98 Å². The van der Waals surface area contributed by atoms with Crippen LogP contribution in [0.1, 0.15) is 21.6 Å². The van der Waals surface area contributed by atoms with Crippen LogP contribution >= 0.6 is 0 Å².